The van der Waals surface area contributed by atoms with Crippen LogP contribution in [-0.2, 0) is 29.5 Å². The zero-order chi connectivity index (χ0) is 24.2. The fraction of sp³-hybridized carbons (Fsp3) is 0.320. The van der Waals surface area contributed by atoms with E-state index in [0.29, 0.717) is 17.0 Å². The number of ether oxygens (including phenoxy) is 1. The molecule has 1 heterocycles. The van der Waals surface area contributed by atoms with Gasteiger partial charge in [0, 0.05) is 25.2 Å². The third kappa shape index (κ3) is 6.32. The molecule has 1 amide bonds. The lowest BCUT2D eigenvalue weighted by Crippen LogP contribution is -2.37. The van der Waals surface area contributed by atoms with E-state index in [9.17, 15) is 14.4 Å². The minimum absolute atomic E-state index is 0.0138. The van der Waals surface area contributed by atoms with Gasteiger partial charge in [-0.15, -0.1) is 0 Å². The smallest absolute Gasteiger partial charge is 0.264 e. The summed E-state index contributed by atoms with van der Waals surface area (Å²) < 4.78 is 6.72. The Labute approximate surface area is 194 Å². The van der Waals surface area contributed by atoms with Crippen LogP contribution in [0, 0.1) is 0 Å². The first-order valence-electron chi connectivity index (χ1n) is 10.9. The molecule has 7 nitrogen and oxygen atoms in total. The monoisotopic (exact) mass is 465 g/mol. The molecule has 1 atom stereocenters. The van der Waals surface area contributed by atoms with Gasteiger partial charge in [0.2, 0.25) is 5.91 Å². The number of carbonyl (C=O) groups is 2. The Balaban J connectivity index is 1.81. The molecule has 3 aromatic rings. The van der Waals surface area contributed by atoms with Crippen molar-refractivity contribution in [2.75, 3.05) is 7.11 Å². The number of rotatable bonds is 9. The zero-order valence-corrected chi connectivity index (χ0v) is 20.8. The lowest BCUT2D eigenvalue weighted by molar-refractivity contribution is -0.127. The normalized spacial score (nSPS) is 12.3. The van der Waals surface area contributed by atoms with Crippen molar-refractivity contribution < 1.29 is 14.3 Å². The van der Waals surface area contributed by atoms with Gasteiger partial charge in [-0.1, -0.05) is 61.2 Å². The molecule has 0 aliphatic carbocycles. The lowest BCUT2D eigenvalue weighted by atomic mass is 9.97. The second-order valence-electron chi connectivity index (χ2n) is 9.21. The summed E-state index contributed by atoms with van der Waals surface area (Å²) in [5.74, 6) is 0.214. The number of aromatic amines is 1. The largest absolute Gasteiger partial charge is 0.497 e. The molecule has 0 saturated heterocycles. The van der Waals surface area contributed by atoms with Crippen molar-refractivity contribution in [2.45, 2.75) is 38.5 Å². The quantitative estimate of drug-likeness (QED) is 0.475. The van der Waals surface area contributed by atoms with Crippen LogP contribution in [0.2, 0.25) is 19.6 Å². The van der Waals surface area contributed by atoms with E-state index >= 15 is 0 Å². The van der Waals surface area contributed by atoms with Gasteiger partial charge < -0.3 is 10.1 Å². The van der Waals surface area contributed by atoms with Crippen molar-refractivity contribution >= 4 is 25.0 Å². The molecule has 0 saturated carbocycles. The fourth-order valence-electron chi connectivity index (χ4n) is 3.64. The number of carbonyl (C=O) groups excluding carboxylic acids is 2. The number of benzene rings is 2. The molecular weight excluding hydrogens is 434 g/mol. The van der Waals surface area contributed by atoms with E-state index < -0.39 is 14.1 Å². The van der Waals surface area contributed by atoms with E-state index in [0.717, 1.165) is 5.56 Å². The third-order valence-electron chi connectivity index (χ3n) is 5.62. The molecule has 33 heavy (non-hydrogen) atoms. The van der Waals surface area contributed by atoms with Gasteiger partial charge in [-0.05, 0) is 23.3 Å². The summed E-state index contributed by atoms with van der Waals surface area (Å²) in [5.41, 5.74) is 1.85. The summed E-state index contributed by atoms with van der Waals surface area (Å²) >= 11 is 0. The Morgan fingerprint density at radius 1 is 1.03 bits per heavy atom. The lowest BCUT2D eigenvalue weighted by Gasteiger charge is -2.20. The predicted octanol–water partition coefficient (Wildman–Crippen LogP) is 2.48. The van der Waals surface area contributed by atoms with E-state index in [1.807, 2.05) is 12.1 Å². The number of amides is 1. The van der Waals surface area contributed by atoms with E-state index in [-0.39, 0.29) is 30.1 Å². The summed E-state index contributed by atoms with van der Waals surface area (Å²) in [6.07, 6.45) is 0.186. The summed E-state index contributed by atoms with van der Waals surface area (Å²) in [4.78, 5) is 37.6. The van der Waals surface area contributed by atoms with Crippen molar-refractivity contribution in [3.8, 4) is 5.75 Å². The molecule has 0 radical (unpaired) electrons. The van der Waals surface area contributed by atoms with Gasteiger partial charge in [0.15, 0.2) is 5.78 Å². The first-order valence-corrected chi connectivity index (χ1v) is 14.4. The zero-order valence-electron chi connectivity index (χ0n) is 19.8. The molecule has 0 bridgehead atoms. The maximum atomic E-state index is 13.3. The van der Waals surface area contributed by atoms with Gasteiger partial charge >= 0.3 is 0 Å². The average molecular weight is 466 g/mol. The molecule has 0 fully saturated rings. The van der Waals surface area contributed by atoms with Crippen molar-refractivity contribution in [3.05, 3.63) is 81.8 Å². The number of hydrogen-bond donors (Lipinski definition) is 2. The van der Waals surface area contributed by atoms with Crippen LogP contribution in [0.25, 0.3) is 0 Å². The summed E-state index contributed by atoms with van der Waals surface area (Å²) in [5, 5.41) is 6.77. The standard InChI is InChI=1S/C25H31N3O4Si/c1-28-19(16-24(31)27-28)15-23(30)26-25(18-8-10-20(32-2)11-9-18)22(29)14-17-6-12-21(13-7-17)33(3,4)5/h6-13,16,25H,14-15H2,1-5H3,(H,26,30)(H,27,31). The maximum Gasteiger partial charge on any atom is 0.264 e. The second kappa shape index (κ2) is 10.0. The van der Waals surface area contributed by atoms with Crippen LogP contribution in [0.3, 0.4) is 0 Å². The number of nitrogens with one attached hydrogen (secondary N) is 2. The summed E-state index contributed by atoms with van der Waals surface area (Å²) in [6, 6.07) is 15.8. The highest BCUT2D eigenvalue weighted by atomic mass is 28.3. The predicted molar refractivity (Wildman–Crippen MR) is 132 cm³/mol. The van der Waals surface area contributed by atoms with Gasteiger partial charge in [0.05, 0.1) is 21.6 Å². The minimum Gasteiger partial charge on any atom is -0.497 e. The molecule has 3 rings (SSSR count). The molecule has 0 aliphatic heterocycles. The number of aryl methyl sites for hydroxylation is 1. The van der Waals surface area contributed by atoms with E-state index in [4.69, 9.17) is 4.74 Å². The molecule has 2 N–H and O–H groups in total. The number of H-pyrrole nitrogens is 1. The molecule has 1 aromatic heterocycles. The van der Waals surface area contributed by atoms with Crippen LogP contribution in [0.5, 0.6) is 5.75 Å². The molecule has 2 aromatic carbocycles. The molecule has 8 heteroatoms. The van der Waals surface area contributed by atoms with Crippen molar-refractivity contribution in [3.63, 3.8) is 0 Å². The Bertz CT molecular complexity index is 1170. The molecule has 0 aliphatic rings. The molecular formula is C25H31N3O4Si. The topological polar surface area (TPSA) is 93.2 Å². The highest BCUT2D eigenvalue weighted by molar-refractivity contribution is 6.88. The number of ketones is 1. The van der Waals surface area contributed by atoms with Gasteiger partial charge in [0.25, 0.3) is 5.56 Å². The number of nitrogens with zero attached hydrogens (tertiary/aromatic N) is 1. The van der Waals surface area contributed by atoms with E-state index in [1.165, 1.54) is 15.9 Å². The molecule has 174 valence electrons. The van der Waals surface area contributed by atoms with Gasteiger partial charge in [-0.3, -0.25) is 24.2 Å². The number of methoxy groups -OCH3 is 1. The third-order valence-corrected chi connectivity index (χ3v) is 7.69. The Hall–Kier alpha value is -3.39. The first kappa shape index (κ1) is 24.3. The Kier molecular flexibility index (Phi) is 7.38. The Morgan fingerprint density at radius 2 is 1.67 bits per heavy atom. The SMILES string of the molecule is COc1ccc(C(NC(=O)Cc2cc(=O)[nH]n2C)C(=O)Cc2ccc([Si](C)(C)C)cc2)cc1. The molecule has 0 spiro atoms. The van der Waals surface area contributed by atoms with Gasteiger partial charge in [-0.2, -0.15) is 0 Å². The minimum atomic E-state index is -1.42. The summed E-state index contributed by atoms with van der Waals surface area (Å²) in [7, 11) is 1.82. The van der Waals surface area contributed by atoms with Crippen LogP contribution in [0.15, 0.2) is 59.4 Å². The highest BCUT2D eigenvalue weighted by Gasteiger charge is 2.24. The van der Waals surface area contributed by atoms with Gasteiger partial charge in [0.1, 0.15) is 11.8 Å². The fourth-order valence-corrected chi connectivity index (χ4v) is 4.80. The van der Waals surface area contributed by atoms with Crippen LogP contribution in [-0.4, -0.2) is 36.7 Å². The highest BCUT2D eigenvalue weighted by Crippen LogP contribution is 2.20. The van der Waals surface area contributed by atoms with Crippen LogP contribution in [0.4, 0.5) is 0 Å². The van der Waals surface area contributed by atoms with Gasteiger partial charge in [-0.25, -0.2) is 0 Å². The van der Waals surface area contributed by atoms with E-state index in [2.05, 4.69) is 42.2 Å². The van der Waals surface area contributed by atoms with Crippen LogP contribution in [0.1, 0.15) is 22.9 Å². The van der Waals surface area contributed by atoms with Crippen LogP contribution < -0.4 is 20.8 Å². The van der Waals surface area contributed by atoms with Crippen molar-refractivity contribution in [1.82, 2.24) is 15.1 Å². The number of hydrogen-bond acceptors (Lipinski definition) is 4. The first-order chi connectivity index (χ1) is 15.6. The van der Waals surface area contributed by atoms with E-state index in [1.54, 1.807) is 38.4 Å². The van der Waals surface area contributed by atoms with Crippen LogP contribution >= 0.6 is 0 Å². The summed E-state index contributed by atoms with van der Waals surface area (Å²) in [6.45, 7) is 6.84. The molecule has 1 unspecified atom stereocenters. The van der Waals surface area contributed by atoms with Crippen molar-refractivity contribution in [1.29, 1.82) is 0 Å². The number of Topliss-reactive ketones (excluding diaryl/α,β-unsaturated/α-hetero) is 1. The Morgan fingerprint density at radius 3 is 2.18 bits per heavy atom. The average Bonchev–Trinajstić information content (AvgIpc) is 3.08. The second-order valence-corrected chi connectivity index (χ2v) is 14.3. The van der Waals surface area contributed by atoms with Crippen molar-refractivity contribution in [2.24, 2.45) is 7.05 Å². The number of aromatic nitrogens is 2. The maximum absolute atomic E-state index is 13.3.